The molecule has 0 radical (unpaired) electrons. The quantitative estimate of drug-likeness (QED) is 0.358. The summed E-state index contributed by atoms with van der Waals surface area (Å²) in [5, 5.41) is 22.8. The highest BCUT2D eigenvalue weighted by molar-refractivity contribution is 6.20. The lowest BCUT2D eigenvalue weighted by molar-refractivity contribution is 1.31. The minimum Gasteiger partial charge on any atom is -0.256 e. The summed E-state index contributed by atoms with van der Waals surface area (Å²) in [5.74, 6) is 0. The predicted molar refractivity (Wildman–Crippen MR) is 117 cm³/mol. The van der Waals surface area contributed by atoms with Crippen LogP contribution in [0.2, 0.25) is 0 Å². The maximum absolute atomic E-state index is 9.37. The summed E-state index contributed by atoms with van der Waals surface area (Å²) < 4.78 is 0. The molecule has 0 aliphatic carbocycles. The standard InChI is InChI=1S/C26H14N4/c27-15-17-9-11-29-23(13-17)25-19-5-1-2-6-20(19)26(22-8-4-3-7-21(22)25)24-14-18(16-28)10-12-30-24/h1-14H. The fourth-order valence-electron chi connectivity index (χ4n) is 3.95. The first-order chi connectivity index (χ1) is 14.8. The van der Waals surface area contributed by atoms with E-state index in [-0.39, 0.29) is 0 Å². The Morgan fingerprint density at radius 2 is 0.900 bits per heavy atom. The molecule has 0 aliphatic heterocycles. The van der Waals surface area contributed by atoms with Crippen molar-refractivity contribution in [2.75, 3.05) is 0 Å². The van der Waals surface area contributed by atoms with Crippen molar-refractivity contribution in [3.63, 3.8) is 0 Å². The summed E-state index contributed by atoms with van der Waals surface area (Å²) >= 11 is 0. The van der Waals surface area contributed by atoms with E-state index in [0.29, 0.717) is 11.1 Å². The number of benzene rings is 3. The molecule has 5 aromatic rings. The van der Waals surface area contributed by atoms with Gasteiger partial charge >= 0.3 is 0 Å². The van der Waals surface area contributed by atoms with Crippen LogP contribution in [0.1, 0.15) is 11.1 Å². The number of nitrogens with zero attached hydrogens (tertiary/aromatic N) is 4. The van der Waals surface area contributed by atoms with Crippen LogP contribution in [-0.4, -0.2) is 9.97 Å². The van der Waals surface area contributed by atoms with E-state index >= 15 is 0 Å². The van der Waals surface area contributed by atoms with Crippen molar-refractivity contribution in [1.29, 1.82) is 10.5 Å². The number of fused-ring (bicyclic) bond motifs is 2. The van der Waals surface area contributed by atoms with E-state index in [0.717, 1.165) is 44.1 Å². The number of hydrogen-bond donors (Lipinski definition) is 0. The normalized spacial score (nSPS) is 10.6. The first kappa shape index (κ1) is 17.6. The lowest BCUT2D eigenvalue weighted by Gasteiger charge is -2.16. The Morgan fingerprint density at radius 3 is 1.23 bits per heavy atom. The van der Waals surface area contributed by atoms with Gasteiger partial charge in [0.05, 0.1) is 34.7 Å². The van der Waals surface area contributed by atoms with Crippen molar-refractivity contribution < 1.29 is 0 Å². The van der Waals surface area contributed by atoms with Crippen LogP contribution in [0.4, 0.5) is 0 Å². The number of hydrogen-bond acceptors (Lipinski definition) is 4. The average molecular weight is 382 g/mol. The molecule has 0 N–H and O–H groups in total. The summed E-state index contributed by atoms with van der Waals surface area (Å²) in [7, 11) is 0. The van der Waals surface area contributed by atoms with Crippen molar-refractivity contribution in [1.82, 2.24) is 9.97 Å². The lowest BCUT2D eigenvalue weighted by atomic mass is 9.88. The van der Waals surface area contributed by atoms with Gasteiger partial charge in [0.2, 0.25) is 0 Å². The molecule has 0 saturated heterocycles. The van der Waals surface area contributed by atoms with Crippen molar-refractivity contribution >= 4 is 21.5 Å². The van der Waals surface area contributed by atoms with Crippen LogP contribution in [0.3, 0.4) is 0 Å². The summed E-state index contributed by atoms with van der Waals surface area (Å²) in [5.41, 5.74) is 4.62. The zero-order valence-electron chi connectivity index (χ0n) is 15.9. The molecule has 0 bridgehead atoms. The fraction of sp³-hybridized carbons (Fsp3) is 0. The summed E-state index contributed by atoms with van der Waals surface area (Å²) in [4.78, 5) is 9.16. The molecular formula is C26H14N4. The molecule has 2 aromatic heterocycles. The molecule has 4 nitrogen and oxygen atoms in total. The van der Waals surface area contributed by atoms with Crippen molar-refractivity contribution in [2.45, 2.75) is 0 Å². The Labute approximate surface area is 173 Å². The molecule has 0 atom stereocenters. The van der Waals surface area contributed by atoms with Crippen LogP contribution < -0.4 is 0 Å². The number of nitriles is 2. The minimum absolute atomic E-state index is 0.570. The van der Waals surface area contributed by atoms with Crippen LogP contribution in [0.5, 0.6) is 0 Å². The second-order valence-corrected chi connectivity index (χ2v) is 6.92. The molecule has 0 unspecified atom stereocenters. The van der Waals surface area contributed by atoms with Crippen LogP contribution in [0, 0.1) is 22.7 Å². The Morgan fingerprint density at radius 1 is 0.533 bits per heavy atom. The number of rotatable bonds is 2. The van der Waals surface area contributed by atoms with Gasteiger partial charge in [-0.2, -0.15) is 10.5 Å². The van der Waals surface area contributed by atoms with E-state index in [1.54, 1.807) is 24.5 Å². The molecule has 2 heterocycles. The van der Waals surface area contributed by atoms with Gasteiger partial charge in [-0.05, 0) is 45.8 Å². The van der Waals surface area contributed by atoms with Gasteiger partial charge in [-0.3, -0.25) is 9.97 Å². The maximum atomic E-state index is 9.37. The van der Waals surface area contributed by atoms with Crippen molar-refractivity contribution in [3.05, 3.63) is 96.3 Å². The van der Waals surface area contributed by atoms with Crippen molar-refractivity contribution in [2.24, 2.45) is 0 Å². The van der Waals surface area contributed by atoms with E-state index in [1.807, 2.05) is 36.4 Å². The fourth-order valence-corrected chi connectivity index (χ4v) is 3.95. The number of aromatic nitrogens is 2. The monoisotopic (exact) mass is 382 g/mol. The van der Waals surface area contributed by atoms with Gasteiger partial charge < -0.3 is 0 Å². The third kappa shape index (κ3) is 2.76. The molecule has 0 spiro atoms. The Balaban J connectivity index is 1.97. The summed E-state index contributed by atoms with van der Waals surface area (Å²) in [6, 6.07) is 27.7. The smallest absolute Gasteiger partial charge is 0.0992 e. The SMILES string of the molecule is N#Cc1ccnc(-c2c3ccccc3c(-c3cc(C#N)ccn3)c3ccccc23)c1. The molecule has 3 aromatic carbocycles. The maximum Gasteiger partial charge on any atom is 0.0992 e. The average Bonchev–Trinajstić information content (AvgIpc) is 2.82. The van der Waals surface area contributed by atoms with Gasteiger partial charge in [0.1, 0.15) is 0 Å². The van der Waals surface area contributed by atoms with E-state index in [2.05, 4.69) is 46.4 Å². The van der Waals surface area contributed by atoms with Gasteiger partial charge in [0, 0.05) is 23.5 Å². The van der Waals surface area contributed by atoms with E-state index in [1.165, 1.54) is 0 Å². The van der Waals surface area contributed by atoms with Crippen LogP contribution >= 0.6 is 0 Å². The van der Waals surface area contributed by atoms with Gasteiger partial charge in [-0.25, -0.2) is 0 Å². The van der Waals surface area contributed by atoms with Crippen LogP contribution in [0.25, 0.3) is 44.1 Å². The van der Waals surface area contributed by atoms with E-state index in [4.69, 9.17) is 0 Å². The lowest BCUT2D eigenvalue weighted by Crippen LogP contribution is -1.94. The highest BCUT2D eigenvalue weighted by Crippen LogP contribution is 2.42. The third-order valence-corrected chi connectivity index (χ3v) is 5.22. The summed E-state index contributed by atoms with van der Waals surface area (Å²) in [6.07, 6.45) is 3.34. The van der Waals surface area contributed by atoms with Gasteiger partial charge in [-0.15, -0.1) is 0 Å². The third-order valence-electron chi connectivity index (χ3n) is 5.22. The molecule has 0 fully saturated rings. The Bertz CT molecular complexity index is 1350. The second-order valence-electron chi connectivity index (χ2n) is 6.92. The molecule has 5 rings (SSSR count). The van der Waals surface area contributed by atoms with Crippen LogP contribution in [0.15, 0.2) is 85.2 Å². The highest BCUT2D eigenvalue weighted by Gasteiger charge is 2.18. The zero-order valence-corrected chi connectivity index (χ0v) is 15.9. The molecule has 138 valence electrons. The molecule has 4 heteroatoms. The topological polar surface area (TPSA) is 73.4 Å². The molecule has 30 heavy (non-hydrogen) atoms. The second kappa shape index (κ2) is 7.13. The van der Waals surface area contributed by atoms with Gasteiger partial charge in [-0.1, -0.05) is 48.5 Å². The van der Waals surface area contributed by atoms with Gasteiger partial charge in [0.25, 0.3) is 0 Å². The summed E-state index contributed by atoms with van der Waals surface area (Å²) in [6.45, 7) is 0. The van der Waals surface area contributed by atoms with Crippen molar-refractivity contribution in [3.8, 4) is 34.7 Å². The minimum atomic E-state index is 0.570. The predicted octanol–water partition coefficient (Wildman–Crippen LogP) is 5.86. The molecule has 0 saturated carbocycles. The van der Waals surface area contributed by atoms with E-state index < -0.39 is 0 Å². The molecule has 0 aliphatic rings. The Hall–Kier alpha value is -4.54. The highest BCUT2D eigenvalue weighted by atomic mass is 14.7. The first-order valence-corrected chi connectivity index (χ1v) is 9.46. The number of pyridine rings is 2. The molecular weight excluding hydrogens is 368 g/mol. The van der Waals surface area contributed by atoms with Gasteiger partial charge in [0.15, 0.2) is 0 Å². The van der Waals surface area contributed by atoms with Crippen LogP contribution in [-0.2, 0) is 0 Å². The largest absolute Gasteiger partial charge is 0.256 e. The molecule has 0 amide bonds. The first-order valence-electron chi connectivity index (χ1n) is 9.46. The zero-order chi connectivity index (χ0) is 20.5. The Kier molecular flexibility index (Phi) is 4.17. The van der Waals surface area contributed by atoms with E-state index in [9.17, 15) is 10.5 Å².